The van der Waals surface area contributed by atoms with Gasteiger partial charge in [0.2, 0.25) is 0 Å². The summed E-state index contributed by atoms with van der Waals surface area (Å²) in [7, 11) is 0. The highest BCUT2D eigenvalue weighted by atomic mass is 16.5. The van der Waals surface area contributed by atoms with Crippen molar-refractivity contribution >= 4 is 0 Å². The molecule has 3 aromatic carbocycles. The van der Waals surface area contributed by atoms with Gasteiger partial charge in [-0.25, -0.2) is 0 Å². The Morgan fingerprint density at radius 2 is 1.68 bits per heavy atom. The number of ether oxygens (including phenoxy) is 2. The number of hydrogen-bond donors (Lipinski definition) is 1. The van der Waals surface area contributed by atoms with Gasteiger partial charge in [0.25, 0.3) is 0 Å². The molecule has 5 rings (SSSR count). The zero-order valence-electron chi connectivity index (χ0n) is 18.0. The highest BCUT2D eigenvalue weighted by Crippen LogP contribution is 2.41. The van der Waals surface area contributed by atoms with E-state index in [1.165, 1.54) is 36.0 Å². The van der Waals surface area contributed by atoms with E-state index in [4.69, 9.17) is 9.47 Å². The molecular weight excluding hydrogens is 382 g/mol. The molecule has 1 N–H and O–H groups in total. The lowest BCUT2D eigenvalue weighted by atomic mass is 9.95. The first kappa shape index (κ1) is 20.1. The van der Waals surface area contributed by atoms with Gasteiger partial charge in [-0.1, -0.05) is 73.2 Å². The molecule has 1 fully saturated rings. The van der Waals surface area contributed by atoms with E-state index < -0.39 is 0 Å². The lowest BCUT2D eigenvalue weighted by Gasteiger charge is -2.31. The molecule has 2 aliphatic heterocycles. The summed E-state index contributed by atoms with van der Waals surface area (Å²) in [6, 6.07) is 27.9. The molecule has 31 heavy (non-hydrogen) atoms. The average Bonchev–Trinajstić information content (AvgIpc) is 2.85. The van der Waals surface area contributed by atoms with Crippen molar-refractivity contribution in [3.05, 3.63) is 95.6 Å². The highest BCUT2D eigenvalue weighted by molar-refractivity contribution is 5.47. The fraction of sp³-hybridized carbons (Fsp3) is 0.357. The van der Waals surface area contributed by atoms with E-state index in [0.717, 1.165) is 37.3 Å². The monoisotopic (exact) mass is 413 g/mol. The smallest absolute Gasteiger partial charge is 0.127 e. The summed E-state index contributed by atoms with van der Waals surface area (Å²) in [5.74, 6) is 1.92. The van der Waals surface area contributed by atoms with Crippen LogP contribution in [0.4, 0.5) is 0 Å². The van der Waals surface area contributed by atoms with Crippen LogP contribution in [-0.2, 0) is 6.42 Å². The maximum atomic E-state index is 6.72. The summed E-state index contributed by atoms with van der Waals surface area (Å²) >= 11 is 0. The van der Waals surface area contributed by atoms with Crippen molar-refractivity contribution in [2.75, 3.05) is 6.54 Å². The SMILES string of the molecule is c1ccc(C2CCc3c(cccc3OC(CC3CCCCN3)c3ccccc3)O2)cc1. The molecule has 3 nitrogen and oxygen atoms in total. The zero-order chi connectivity index (χ0) is 20.9. The Bertz CT molecular complexity index is 967. The maximum absolute atomic E-state index is 6.72. The van der Waals surface area contributed by atoms with Gasteiger partial charge in [-0.05, 0) is 55.5 Å². The number of hydrogen-bond acceptors (Lipinski definition) is 3. The Balaban J connectivity index is 1.37. The molecule has 0 spiro atoms. The van der Waals surface area contributed by atoms with Crippen LogP contribution in [0.15, 0.2) is 78.9 Å². The van der Waals surface area contributed by atoms with Crippen molar-refractivity contribution in [1.82, 2.24) is 5.32 Å². The van der Waals surface area contributed by atoms with Crippen molar-refractivity contribution in [3.8, 4) is 11.5 Å². The molecule has 3 unspecified atom stereocenters. The van der Waals surface area contributed by atoms with Crippen molar-refractivity contribution in [2.45, 2.75) is 56.8 Å². The first-order valence-electron chi connectivity index (χ1n) is 11.7. The summed E-state index contributed by atoms with van der Waals surface area (Å²) in [4.78, 5) is 0. The first-order valence-corrected chi connectivity index (χ1v) is 11.7. The van der Waals surface area contributed by atoms with Crippen molar-refractivity contribution in [3.63, 3.8) is 0 Å². The van der Waals surface area contributed by atoms with Crippen LogP contribution in [0.1, 0.15) is 61.0 Å². The minimum atomic E-state index is 0.0372. The lowest BCUT2D eigenvalue weighted by molar-refractivity contribution is 0.153. The predicted molar refractivity (Wildman–Crippen MR) is 125 cm³/mol. The van der Waals surface area contributed by atoms with Crippen LogP contribution in [0.3, 0.4) is 0 Å². The van der Waals surface area contributed by atoms with E-state index in [-0.39, 0.29) is 12.2 Å². The van der Waals surface area contributed by atoms with E-state index in [1.807, 2.05) is 0 Å². The van der Waals surface area contributed by atoms with Crippen LogP contribution < -0.4 is 14.8 Å². The van der Waals surface area contributed by atoms with Gasteiger partial charge in [0.15, 0.2) is 0 Å². The minimum Gasteiger partial charge on any atom is -0.485 e. The van der Waals surface area contributed by atoms with Crippen molar-refractivity contribution in [2.24, 2.45) is 0 Å². The zero-order valence-corrected chi connectivity index (χ0v) is 18.0. The molecule has 0 bridgehead atoms. The number of nitrogens with one attached hydrogen (secondary N) is 1. The molecule has 2 heterocycles. The fourth-order valence-corrected chi connectivity index (χ4v) is 4.86. The van der Waals surface area contributed by atoms with Crippen LogP contribution in [0.5, 0.6) is 11.5 Å². The van der Waals surface area contributed by atoms with Gasteiger partial charge in [-0.3, -0.25) is 0 Å². The summed E-state index contributed by atoms with van der Waals surface area (Å²) in [5.41, 5.74) is 3.68. The Kier molecular flexibility index (Phi) is 6.22. The lowest BCUT2D eigenvalue weighted by Crippen LogP contribution is -2.36. The highest BCUT2D eigenvalue weighted by Gasteiger charge is 2.26. The standard InChI is InChI=1S/C28H31NO2/c1-3-10-21(11-4-1)25-18-17-24-26(30-25)15-9-16-27(24)31-28(22-12-5-2-6-13-22)20-23-14-7-8-19-29-23/h1-6,9-13,15-16,23,25,28-29H,7-8,14,17-20H2. The van der Waals surface area contributed by atoms with E-state index in [1.54, 1.807) is 0 Å². The van der Waals surface area contributed by atoms with E-state index >= 15 is 0 Å². The third kappa shape index (κ3) is 4.77. The molecule has 0 saturated carbocycles. The molecule has 0 amide bonds. The normalized spacial score (nSPS) is 21.5. The van der Waals surface area contributed by atoms with Gasteiger partial charge in [-0.15, -0.1) is 0 Å². The van der Waals surface area contributed by atoms with E-state index in [2.05, 4.69) is 84.2 Å². The van der Waals surface area contributed by atoms with Gasteiger partial charge in [0, 0.05) is 18.0 Å². The van der Waals surface area contributed by atoms with E-state index in [9.17, 15) is 0 Å². The minimum absolute atomic E-state index is 0.0372. The summed E-state index contributed by atoms with van der Waals surface area (Å²) in [6.07, 6.45) is 6.87. The van der Waals surface area contributed by atoms with Crippen LogP contribution in [0, 0.1) is 0 Å². The van der Waals surface area contributed by atoms with Gasteiger partial charge >= 0.3 is 0 Å². The van der Waals surface area contributed by atoms with Crippen LogP contribution >= 0.6 is 0 Å². The van der Waals surface area contributed by atoms with Gasteiger partial charge in [0.05, 0.1) is 0 Å². The maximum Gasteiger partial charge on any atom is 0.127 e. The van der Waals surface area contributed by atoms with Crippen molar-refractivity contribution < 1.29 is 9.47 Å². The molecule has 3 heteroatoms. The third-order valence-corrected chi connectivity index (χ3v) is 6.54. The Hall–Kier alpha value is -2.78. The summed E-state index contributed by atoms with van der Waals surface area (Å²) in [5, 5.41) is 3.69. The quantitative estimate of drug-likeness (QED) is 0.507. The van der Waals surface area contributed by atoms with Gasteiger partial charge in [-0.2, -0.15) is 0 Å². The first-order chi connectivity index (χ1) is 15.4. The van der Waals surface area contributed by atoms with Crippen LogP contribution in [-0.4, -0.2) is 12.6 Å². The molecule has 0 aromatic heterocycles. The van der Waals surface area contributed by atoms with Crippen LogP contribution in [0.25, 0.3) is 0 Å². The van der Waals surface area contributed by atoms with E-state index in [0.29, 0.717) is 6.04 Å². The second-order valence-electron chi connectivity index (χ2n) is 8.69. The molecular formula is C28H31NO2. The Labute approximate surface area is 185 Å². The Morgan fingerprint density at radius 3 is 2.45 bits per heavy atom. The summed E-state index contributed by atoms with van der Waals surface area (Å²) < 4.78 is 13.1. The average molecular weight is 414 g/mol. The Morgan fingerprint density at radius 1 is 0.871 bits per heavy atom. The molecule has 2 aliphatic rings. The molecule has 3 atom stereocenters. The third-order valence-electron chi connectivity index (χ3n) is 6.54. The second kappa shape index (κ2) is 9.57. The van der Waals surface area contributed by atoms with Crippen molar-refractivity contribution in [1.29, 1.82) is 0 Å². The number of piperidine rings is 1. The number of rotatable bonds is 6. The second-order valence-corrected chi connectivity index (χ2v) is 8.69. The van der Waals surface area contributed by atoms with Gasteiger partial charge in [0.1, 0.15) is 23.7 Å². The molecule has 1 saturated heterocycles. The molecule has 0 radical (unpaired) electrons. The largest absolute Gasteiger partial charge is 0.485 e. The summed E-state index contributed by atoms with van der Waals surface area (Å²) in [6.45, 7) is 1.11. The van der Waals surface area contributed by atoms with Gasteiger partial charge < -0.3 is 14.8 Å². The fourth-order valence-electron chi connectivity index (χ4n) is 4.86. The molecule has 160 valence electrons. The topological polar surface area (TPSA) is 30.5 Å². The number of benzene rings is 3. The predicted octanol–water partition coefficient (Wildman–Crippen LogP) is 6.41. The molecule has 3 aromatic rings. The van der Waals surface area contributed by atoms with Crippen LogP contribution in [0.2, 0.25) is 0 Å². The number of fused-ring (bicyclic) bond motifs is 1. The molecule has 0 aliphatic carbocycles.